The molecule has 0 aliphatic carbocycles. The van der Waals surface area contributed by atoms with E-state index in [1.165, 1.54) is 0 Å². The minimum Gasteiger partial charge on any atom is -0.444 e. The Labute approximate surface area is 129 Å². The van der Waals surface area contributed by atoms with Gasteiger partial charge in [-0.2, -0.15) is 0 Å². The topological polar surface area (TPSA) is 93.5 Å². The van der Waals surface area contributed by atoms with Gasteiger partial charge in [0, 0.05) is 13.1 Å². The molecule has 4 N–H and O–H groups in total. The summed E-state index contributed by atoms with van der Waals surface area (Å²) in [6.45, 7) is 5.83. The van der Waals surface area contributed by atoms with Crippen LogP contribution in [0.4, 0.5) is 10.5 Å². The van der Waals surface area contributed by atoms with Gasteiger partial charge in [0.1, 0.15) is 5.60 Å². The summed E-state index contributed by atoms with van der Waals surface area (Å²) >= 11 is 5.95. The summed E-state index contributed by atoms with van der Waals surface area (Å²) in [5, 5.41) is 5.39. The first-order chi connectivity index (χ1) is 9.70. The molecule has 0 aromatic heterocycles. The molecule has 0 aliphatic rings. The van der Waals surface area contributed by atoms with Gasteiger partial charge in [0.25, 0.3) is 5.91 Å². The fourth-order valence-corrected chi connectivity index (χ4v) is 1.69. The van der Waals surface area contributed by atoms with E-state index in [1.54, 1.807) is 39.0 Å². The average Bonchev–Trinajstić information content (AvgIpc) is 2.35. The smallest absolute Gasteiger partial charge is 0.407 e. The van der Waals surface area contributed by atoms with Crippen molar-refractivity contribution in [3.8, 4) is 0 Å². The number of anilines is 1. The molecule has 0 bridgehead atoms. The molecule has 0 heterocycles. The highest BCUT2D eigenvalue weighted by Crippen LogP contribution is 2.22. The van der Waals surface area contributed by atoms with Crippen molar-refractivity contribution in [2.45, 2.75) is 26.4 Å². The Kier molecular flexibility index (Phi) is 5.84. The Morgan fingerprint density at radius 2 is 1.86 bits per heavy atom. The Bertz CT molecular complexity index is 527. The van der Waals surface area contributed by atoms with Crippen molar-refractivity contribution in [3.05, 3.63) is 28.8 Å². The van der Waals surface area contributed by atoms with E-state index < -0.39 is 11.7 Å². The van der Waals surface area contributed by atoms with E-state index in [1.807, 2.05) is 0 Å². The lowest BCUT2D eigenvalue weighted by Gasteiger charge is -2.19. The molecule has 1 aromatic carbocycles. The zero-order valence-electron chi connectivity index (χ0n) is 12.3. The van der Waals surface area contributed by atoms with E-state index >= 15 is 0 Å². The van der Waals surface area contributed by atoms with Crippen LogP contribution in [-0.2, 0) is 4.74 Å². The molecule has 6 nitrogen and oxygen atoms in total. The number of amides is 2. The number of halogens is 1. The van der Waals surface area contributed by atoms with E-state index in [4.69, 9.17) is 22.1 Å². The number of nitrogens with two attached hydrogens (primary N) is 1. The van der Waals surface area contributed by atoms with E-state index in [9.17, 15) is 9.59 Å². The van der Waals surface area contributed by atoms with Crippen molar-refractivity contribution in [3.63, 3.8) is 0 Å². The van der Waals surface area contributed by atoms with Gasteiger partial charge in [-0.15, -0.1) is 0 Å². The molecule has 0 spiro atoms. The monoisotopic (exact) mass is 313 g/mol. The summed E-state index contributed by atoms with van der Waals surface area (Å²) in [6.07, 6.45) is -0.529. The minimum absolute atomic E-state index is 0.218. The molecule has 21 heavy (non-hydrogen) atoms. The highest BCUT2D eigenvalue weighted by molar-refractivity contribution is 6.36. The van der Waals surface area contributed by atoms with Gasteiger partial charge in [-0.1, -0.05) is 17.7 Å². The van der Waals surface area contributed by atoms with Crippen molar-refractivity contribution in [1.82, 2.24) is 10.6 Å². The van der Waals surface area contributed by atoms with Crippen LogP contribution >= 0.6 is 11.6 Å². The number of rotatable bonds is 4. The van der Waals surface area contributed by atoms with Crippen LogP contribution < -0.4 is 16.4 Å². The number of benzene rings is 1. The van der Waals surface area contributed by atoms with Crippen molar-refractivity contribution in [1.29, 1.82) is 0 Å². The van der Waals surface area contributed by atoms with Crippen molar-refractivity contribution in [2.24, 2.45) is 0 Å². The number of nitrogens with one attached hydrogen (secondary N) is 2. The molecule has 2 amide bonds. The van der Waals surface area contributed by atoms with E-state index in [0.29, 0.717) is 11.3 Å². The molecule has 0 aliphatic heterocycles. The maximum Gasteiger partial charge on any atom is 0.407 e. The normalized spacial score (nSPS) is 10.9. The molecule has 0 saturated carbocycles. The molecule has 1 rings (SSSR count). The summed E-state index contributed by atoms with van der Waals surface area (Å²) in [5.41, 5.74) is 5.72. The van der Waals surface area contributed by atoms with Gasteiger partial charge in [0.05, 0.1) is 16.3 Å². The van der Waals surface area contributed by atoms with Crippen molar-refractivity contribution in [2.75, 3.05) is 18.8 Å². The van der Waals surface area contributed by atoms with Crippen LogP contribution in [0.15, 0.2) is 18.2 Å². The number of hydrogen-bond donors (Lipinski definition) is 3. The number of carbonyl (C=O) groups is 2. The quantitative estimate of drug-likeness (QED) is 0.586. The third-order valence-electron chi connectivity index (χ3n) is 2.35. The first-order valence-corrected chi connectivity index (χ1v) is 6.87. The molecule has 116 valence electrons. The Morgan fingerprint density at radius 3 is 2.48 bits per heavy atom. The number of carbonyl (C=O) groups excluding carboxylic acids is 2. The standard InChI is InChI=1S/C14H20ClN3O3/c1-14(2,3)21-13(20)18-8-7-17-12(19)9-5-4-6-10(16)11(9)15/h4-6H,7-8,16H2,1-3H3,(H,17,19)(H,18,20). The Hall–Kier alpha value is -1.95. The molecule has 0 fully saturated rings. The van der Waals surface area contributed by atoms with Crippen LogP contribution in [0.2, 0.25) is 5.02 Å². The second kappa shape index (κ2) is 7.17. The maximum atomic E-state index is 11.9. The fourth-order valence-electron chi connectivity index (χ4n) is 1.48. The first-order valence-electron chi connectivity index (χ1n) is 6.50. The predicted molar refractivity (Wildman–Crippen MR) is 82.4 cm³/mol. The van der Waals surface area contributed by atoms with Crippen LogP contribution in [0.1, 0.15) is 31.1 Å². The third kappa shape index (κ3) is 5.91. The molecular formula is C14H20ClN3O3. The largest absolute Gasteiger partial charge is 0.444 e. The highest BCUT2D eigenvalue weighted by Gasteiger charge is 2.16. The summed E-state index contributed by atoms with van der Waals surface area (Å²) in [7, 11) is 0. The van der Waals surface area contributed by atoms with Gasteiger partial charge in [-0.3, -0.25) is 4.79 Å². The average molecular weight is 314 g/mol. The molecule has 0 unspecified atom stereocenters. The lowest BCUT2D eigenvalue weighted by atomic mass is 10.2. The van der Waals surface area contributed by atoms with Crippen LogP contribution in [0, 0.1) is 0 Å². The summed E-state index contributed by atoms with van der Waals surface area (Å²) < 4.78 is 5.06. The van der Waals surface area contributed by atoms with E-state index in [0.717, 1.165) is 0 Å². The second-order valence-corrected chi connectivity index (χ2v) is 5.77. The zero-order valence-corrected chi connectivity index (χ0v) is 13.1. The fraction of sp³-hybridized carbons (Fsp3) is 0.429. The SMILES string of the molecule is CC(C)(C)OC(=O)NCCNC(=O)c1cccc(N)c1Cl. The minimum atomic E-state index is -0.553. The van der Waals surface area contributed by atoms with Crippen LogP contribution in [0.5, 0.6) is 0 Å². The number of ether oxygens (including phenoxy) is 1. The molecule has 0 atom stereocenters. The summed E-state index contributed by atoms with van der Waals surface area (Å²) in [4.78, 5) is 23.3. The van der Waals surface area contributed by atoms with E-state index in [2.05, 4.69) is 10.6 Å². The highest BCUT2D eigenvalue weighted by atomic mass is 35.5. The van der Waals surface area contributed by atoms with Gasteiger partial charge >= 0.3 is 6.09 Å². The predicted octanol–water partition coefficient (Wildman–Crippen LogP) is 2.18. The second-order valence-electron chi connectivity index (χ2n) is 5.39. The van der Waals surface area contributed by atoms with Gasteiger partial charge in [-0.05, 0) is 32.9 Å². The van der Waals surface area contributed by atoms with Gasteiger partial charge in [0.15, 0.2) is 0 Å². The molecule has 0 saturated heterocycles. The molecule has 0 radical (unpaired) electrons. The number of alkyl carbamates (subject to hydrolysis) is 1. The van der Waals surface area contributed by atoms with E-state index in [-0.39, 0.29) is 24.0 Å². The first kappa shape index (κ1) is 17.1. The Balaban J connectivity index is 2.38. The maximum absolute atomic E-state index is 11.9. The van der Waals surface area contributed by atoms with Gasteiger partial charge in [-0.25, -0.2) is 4.79 Å². The van der Waals surface area contributed by atoms with Gasteiger partial charge in [0.2, 0.25) is 0 Å². The van der Waals surface area contributed by atoms with Crippen molar-refractivity contribution >= 4 is 29.3 Å². The lowest BCUT2D eigenvalue weighted by Crippen LogP contribution is -2.37. The zero-order chi connectivity index (χ0) is 16.0. The van der Waals surface area contributed by atoms with Crippen molar-refractivity contribution < 1.29 is 14.3 Å². The van der Waals surface area contributed by atoms with Gasteiger partial charge < -0.3 is 21.1 Å². The van der Waals surface area contributed by atoms with Crippen LogP contribution in [0.25, 0.3) is 0 Å². The lowest BCUT2D eigenvalue weighted by molar-refractivity contribution is 0.0526. The molecule has 7 heteroatoms. The Morgan fingerprint density at radius 1 is 1.24 bits per heavy atom. The molecule has 1 aromatic rings. The number of hydrogen-bond acceptors (Lipinski definition) is 4. The summed E-state index contributed by atoms with van der Waals surface area (Å²) in [5.74, 6) is -0.349. The molecular weight excluding hydrogens is 294 g/mol. The summed E-state index contributed by atoms with van der Waals surface area (Å²) in [6, 6.07) is 4.84. The van der Waals surface area contributed by atoms with Crippen LogP contribution in [-0.4, -0.2) is 30.7 Å². The number of nitrogen functional groups attached to an aromatic ring is 1. The van der Waals surface area contributed by atoms with Crippen LogP contribution in [0.3, 0.4) is 0 Å². The third-order valence-corrected chi connectivity index (χ3v) is 2.77.